The highest BCUT2D eigenvalue weighted by atomic mass is 79.9. The van der Waals surface area contributed by atoms with E-state index in [0.29, 0.717) is 5.75 Å². The predicted molar refractivity (Wildman–Crippen MR) is 75.4 cm³/mol. The third-order valence-corrected chi connectivity index (χ3v) is 3.03. The Bertz CT molecular complexity index is 492. The van der Waals surface area contributed by atoms with Crippen LogP contribution < -0.4 is 10.1 Å². The zero-order valence-corrected chi connectivity index (χ0v) is 12.8. The van der Waals surface area contributed by atoms with Crippen LogP contribution in [-0.4, -0.2) is 43.3 Å². The lowest BCUT2D eigenvalue weighted by Crippen LogP contribution is -2.39. The molecule has 0 aliphatic rings. The third kappa shape index (κ3) is 5.18. The molecule has 0 saturated heterocycles. The normalized spacial score (nSPS) is 11.6. The van der Waals surface area contributed by atoms with E-state index >= 15 is 0 Å². The summed E-state index contributed by atoms with van der Waals surface area (Å²) in [4.78, 5) is 22.4. The molecule has 1 amide bonds. The number of ether oxygens (including phenoxy) is 2. The highest BCUT2D eigenvalue weighted by Gasteiger charge is 2.16. The standard InChI is InChI=1S/C13H16BrNO5/c1-8-3-4-11(9(14)5-8)20-7-12(17)15-6-10(16)13(18)19-2/h3-5,10,16H,6-7H2,1-2H3,(H,15,17). The summed E-state index contributed by atoms with van der Waals surface area (Å²) in [6.45, 7) is 1.51. The van der Waals surface area contributed by atoms with Crippen LogP contribution in [-0.2, 0) is 14.3 Å². The summed E-state index contributed by atoms with van der Waals surface area (Å²) in [5.41, 5.74) is 1.06. The second kappa shape index (κ2) is 7.86. The lowest BCUT2D eigenvalue weighted by molar-refractivity contribution is -0.150. The highest BCUT2D eigenvalue weighted by Crippen LogP contribution is 2.25. The quantitative estimate of drug-likeness (QED) is 0.744. The van der Waals surface area contributed by atoms with Gasteiger partial charge in [-0.15, -0.1) is 0 Å². The molecule has 1 aromatic rings. The molecule has 0 saturated carbocycles. The SMILES string of the molecule is COC(=O)C(O)CNC(=O)COc1ccc(C)cc1Br. The summed E-state index contributed by atoms with van der Waals surface area (Å²) in [5, 5.41) is 11.7. The van der Waals surface area contributed by atoms with E-state index in [2.05, 4.69) is 26.0 Å². The number of rotatable bonds is 6. The Hall–Kier alpha value is -1.60. The molecule has 0 aromatic heterocycles. The van der Waals surface area contributed by atoms with E-state index in [1.54, 1.807) is 6.07 Å². The van der Waals surface area contributed by atoms with Gasteiger partial charge in [-0.2, -0.15) is 0 Å². The van der Waals surface area contributed by atoms with Crippen molar-refractivity contribution in [1.29, 1.82) is 0 Å². The van der Waals surface area contributed by atoms with Gasteiger partial charge in [0.15, 0.2) is 12.7 Å². The number of carbonyl (C=O) groups excluding carboxylic acids is 2. The second-order valence-corrected chi connectivity index (χ2v) is 4.92. The first-order chi connectivity index (χ1) is 9.43. The molecule has 1 rings (SSSR count). The van der Waals surface area contributed by atoms with Gasteiger partial charge in [-0.25, -0.2) is 4.79 Å². The zero-order valence-electron chi connectivity index (χ0n) is 11.2. The second-order valence-electron chi connectivity index (χ2n) is 4.07. The van der Waals surface area contributed by atoms with Crippen LogP contribution in [0.25, 0.3) is 0 Å². The summed E-state index contributed by atoms with van der Waals surface area (Å²) in [7, 11) is 1.16. The van der Waals surface area contributed by atoms with Crippen LogP contribution in [0.2, 0.25) is 0 Å². The van der Waals surface area contributed by atoms with Gasteiger partial charge < -0.3 is 19.9 Å². The van der Waals surface area contributed by atoms with Crippen LogP contribution in [0, 0.1) is 6.92 Å². The van der Waals surface area contributed by atoms with E-state index in [4.69, 9.17) is 4.74 Å². The Morgan fingerprint density at radius 2 is 2.15 bits per heavy atom. The molecular formula is C13H16BrNO5. The van der Waals surface area contributed by atoms with Gasteiger partial charge in [0.25, 0.3) is 5.91 Å². The van der Waals surface area contributed by atoms with Crippen molar-refractivity contribution in [2.45, 2.75) is 13.0 Å². The molecule has 7 heteroatoms. The molecule has 0 heterocycles. The van der Waals surface area contributed by atoms with Crippen molar-refractivity contribution in [2.75, 3.05) is 20.3 Å². The molecule has 0 radical (unpaired) electrons. The number of nitrogens with one attached hydrogen (secondary N) is 1. The van der Waals surface area contributed by atoms with Crippen molar-refractivity contribution >= 4 is 27.8 Å². The Balaban J connectivity index is 2.38. The summed E-state index contributed by atoms with van der Waals surface area (Å²) < 4.78 is 10.4. The van der Waals surface area contributed by atoms with Crippen molar-refractivity contribution in [3.63, 3.8) is 0 Å². The number of aliphatic hydroxyl groups excluding tert-OH is 1. The van der Waals surface area contributed by atoms with Crippen LogP contribution in [0.3, 0.4) is 0 Å². The molecule has 1 aromatic carbocycles. The fourth-order valence-corrected chi connectivity index (χ4v) is 1.95. The minimum atomic E-state index is -1.38. The minimum absolute atomic E-state index is 0.213. The van der Waals surface area contributed by atoms with E-state index in [9.17, 15) is 14.7 Å². The molecule has 0 fully saturated rings. The molecule has 20 heavy (non-hydrogen) atoms. The summed E-state index contributed by atoms with van der Waals surface area (Å²) in [5.74, 6) is -0.702. The maximum Gasteiger partial charge on any atom is 0.336 e. The Morgan fingerprint density at radius 3 is 2.75 bits per heavy atom. The molecule has 2 N–H and O–H groups in total. The number of hydrogen-bond acceptors (Lipinski definition) is 5. The smallest absolute Gasteiger partial charge is 0.336 e. The first-order valence-electron chi connectivity index (χ1n) is 5.85. The number of aliphatic hydroxyl groups is 1. The average molecular weight is 346 g/mol. The Kier molecular flexibility index (Phi) is 6.47. The number of methoxy groups -OCH3 is 1. The van der Waals surface area contributed by atoms with E-state index in [1.807, 2.05) is 19.1 Å². The third-order valence-electron chi connectivity index (χ3n) is 2.41. The first kappa shape index (κ1) is 16.5. The van der Waals surface area contributed by atoms with Crippen LogP contribution in [0.4, 0.5) is 0 Å². The Morgan fingerprint density at radius 1 is 1.45 bits per heavy atom. The number of carbonyl (C=O) groups is 2. The van der Waals surface area contributed by atoms with Crippen LogP contribution in [0.5, 0.6) is 5.75 Å². The molecular weight excluding hydrogens is 330 g/mol. The fourth-order valence-electron chi connectivity index (χ4n) is 1.35. The monoisotopic (exact) mass is 345 g/mol. The number of benzene rings is 1. The van der Waals surface area contributed by atoms with Gasteiger partial charge in [-0.3, -0.25) is 4.79 Å². The molecule has 1 atom stereocenters. The van der Waals surface area contributed by atoms with Crippen molar-refractivity contribution < 1.29 is 24.2 Å². The van der Waals surface area contributed by atoms with Gasteiger partial charge in [0, 0.05) is 0 Å². The van der Waals surface area contributed by atoms with Crippen molar-refractivity contribution in [2.24, 2.45) is 0 Å². The number of aryl methyl sites for hydroxylation is 1. The van der Waals surface area contributed by atoms with E-state index in [1.165, 1.54) is 0 Å². The van der Waals surface area contributed by atoms with Gasteiger partial charge >= 0.3 is 5.97 Å². The summed E-state index contributed by atoms with van der Waals surface area (Å²) >= 11 is 3.33. The first-order valence-corrected chi connectivity index (χ1v) is 6.65. The molecule has 1 unspecified atom stereocenters. The van der Waals surface area contributed by atoms with E-state index in [-0.39, 0.29) is 13.2 Å². The van der Waals surface area contributed by atoms with Gasteiger partial charge in [-0.1, -0.05) is 6.07 Å². The van der Waals surface area contributed by atoms with Gasteiger partial charge in [-0.05, 0) is 40.5 Å². The van der Waals surface area contributed by atoms with E-state index < -0.39 is 18.0 Å². The van der Waals surface area contributed by atoms with Crippen LogP contribution >= 0.6 is 15.9 Å². The van der Waals surface area contributed by atoms with Gasteiger partial charge in [0.1, 0.15) is 5.75 Å². The molecule has 0 aliphatic carbocycles. The molecule has 6 nitrogen and oxygen atoms in total. The number of hydrogen-bond donors (Lipinski definition) is 2. The van der Waals surface area contributed by atoms with Gasteiger partial charge in [0.2, 0.25) is 0 Å². The predicted octanol–water partition coefficient (Wildman–Crippen LogP) is 0.786. The summed E-state index contributed by atoms with van der Waals surface area (Å²) in [6.07, 6.45) is -1.38. The topological polar surface area (TPSA) is 84.9 Å². The highest BCUT2D eigenvalue weighted by molar-refractivity contribution is 9.10. The van der Waals surface area contributed by atoms with Crippen molar-refractivity contribution in [3.05, 3.63) is 28.2 Å². The average Bonchev–Trinajstić information content (AvgIpc) is 2.42. The largest absolute Gasteiger partial charge is 0.483 e. The van der Waals surface area contributed by atoms with Gasteiger partial charge in [0.05, 0.1) is 18.1 Å². The molecule has 0 spiro atoms. The van der Waals surface area contributed by atoms with Crippen LogP contribution in [0.1, 0.15) is 5.56 Å². The number of halogens is 1. The maximum absolute atomic E-state index is 11.5. The van der Waals surface area contributed by atoms with Crippen molar-refractivity contribution in [1.82, 2.24) is 5.32 Å². The molecule has 110 valence electrons. The fraction of sp³-hybridized carbons (Fsp3) is 0.385. The lowest BCUT2D eigenvalue weighted by atomic mass is 10.2. The minimum Gasteiger partial charge on any atom is -0.483 e. The van der Waals surface area contributed by atoms with Crippen LogP contribution in [0.15, 0.2) is 22.7 Å². The van der Waals surface area contributed by atoms with E-state index in [0.717, 1.165) is 17.1 Å². The zero-order chi connectivity index (χ0) is 15.1. The van der Waals surface area contributed by atoms with Crippen molar-refractivity contribution in [3.8, 4) is 5.75 Å². The number of amides is 1. The lowest BCUT2D eigenvalue weighted by Gasteiger charge is -2.11. The summed E-state index contributed by atoms with van der Waals surface area (Å²) in [6, 6.07) is 5.48. The number of esters is 1. The molecule has 0 bridgehead atoms. The Labute approximate surface area is 125 Å². The molecule has 0 aliphatic heterocycles. The maximum atomic E-state index is 11.5.